The van der Waals surface area contributed by atoms with Crippen LogP contribution in [0.4, 0.5) is 0 Å². The molecule has 92 valence electrons. The molecule has 0 aromatic carbocycles. The van der Waals surface area contributed by atoms with Gasteiger partial charge in [-0.25, -0.2) is 0 Å². The Hall–Kier alpha value is -1.05. The molecule has 0 unspecified atom stereocenters. The fourth-order valence-electron chi connectivity index (χ4n) is 1.37. The highest BCUT2D eigenvalue weighted by Crippen LogP contribution is 2.12. The fraction of sp³-hybridized carbons (Fsp3) is 0.643. The highest BCUT2D eigenvalue weighted by molar-refractivity contribution is 5.65. The van der Waals surface area contributed by atoms with Gasteiger partial charge in [0.2, 0.25) is 0 Å². The summed E-state index contributed by atoms with van der Waals surface area (Å²) in [5.74, 6) is -0.224. The average Bonchev–Trinajstić information content (AvgIpc) is 2.24. The molecular weight excluding hydrogens is 200 g/mol. The first-order chi connectivity index (χ1) is 7.66. The van der Waals surface area contributed by atoms with Crippen molar-refractivity contribution in [3.63, 3.8) is 0 Å². The lowest BCUT2D eigenvalue weighted by molar-refractivity contribution is -0.139. The van der Waals surface area contributed by atoms with Crippen LogP contribution in [0.5, 0.6) is 0 Å². The molecule has 0 aliphatic heterocycles. The van der Waals surface area contributed by atoms with Crippen molar-refractivity contribution in [3.8, 4) is 0 Å². The van der Waals surface area contributed by atoms with Crippen LogP contribution in [0, 0.1) is 0 Å². The van der Waals surface area contributed by atoms with E-state index in [-0.39, 0.29) is 5.97 Å². The topological polar surface area (TPSA) is 26.3 Å². The van der Waals surface area contributed by atoms with Gasteiger partial charge >= 0.3 is 5.97 Å². The van der Waals surface area contributed by atoms with Gasteiger partial charge in [0.05, 0.1) is 0 Å². The molecule has 0 aromatic heterocycles. The van der Waals surface area contributed by atoms with E-state index in [2.05, 4.69) is 19.6 Å². The van der Waals surface area contributed by atoms with E-state index in [1.807, 2.05) is 6.08 Å². The summed E-state index contributed by atoms with van der Waals surface area (Å²) in [6.45, 7) is 8.07. The number of hydrogen-bond donors (Lipinski definition) is 0. The van der Waals surface area contributed by atoms with Crippen LogP contribution in [0.1, 0.15) is 52.4 Å². The third kappa shape index (κ3) is 11.0. The lowest BCUT2D eigenvalue weighted by Crippen LogP contribution is -1.97. The van der Waals surface area contributed by atoms with Gasteiger partial charge in [-0.15, -0.1) is 0 Å². The van der Waals surface area contributed by atoms with Crippen LogP contribution in [0.15, 0.2) is 24.3 Å². The molecule has 0 saturated heterocycles. The lowest BCUT2D eigenvalue weighted by Gasteiger charge is -2.02. The van der Waals surface area contributed by atoms with Crippen molar-refractivity contribution in [2.24, 2.45) is 0 Å². The molecule has 0 amide bonds. The van der Waals surface area contributed by atoms with E-state index in [9.17, 15) is 4.79 Å². The first-order valence-electron chi connectivity index (χ1n) is 6.11. The Morgan fingerprint density at radius 1 is 1.25 bits per heavy atom. The maximum absolute atomic E-state index is 10.5. The third-order valence-electron chi connectivity index (χ3n) is 2.33. The van der Waals surface area contributed by atoms with Crippen molar-refractivity contribution >= 4 is 5.97 Å². The Bertz CT molecular complexity index is 229. The Balaban J connectivity index is 3.31. The van der Waals surface area contributed by atoms with Crippen molar-refractivity contribution in [1.29, 1.82) is 0 Å². The summed E-state index contributed by atoms with van der Waals surface area (Å²) in [6.07, 6.45) is 10.9. The molecular formula is C14H24O2. The highest BCUT2D eigenvalue weighted by atomic mass is 16.5. The third-order valence-corrected chi connectivity index (χ3v) is 2.33. The summed E-state index contributed by atoms with van der Waals surface area (Å²) in [5.41, 5.74) is 1.36. The summed E-state index contributed by atoms with van der Waals surface area (Å²) in [4.78, 5) is 10.5. The van der Waals surface area contributed by atoms with Crippen molar-refractivity contribution in [1.82, 2.24) is 0 Å². The standard InChI is InChI=1S/C14H24O2/c1-4-5-10-13(2)11-8-6-7-9-12-16-14(3)15/h7,9H,2,4-6,8,10-12H2,1,3H3. The normalized spacial score (nSPS) is 10.6. The Morgan fingerprint density at radius 2 is 1.94 bits per heavy atom. The molecule has 0 radical (unpaired) electrons. The van der Waals surface area contributed by atoms with Gasteiger partial charge in [-0.05, 0) is 32.1 Å². The summed E-state index contributed by atoms with van der Waals surface area (Å²) < 4.78 is 4.78. The van der Waals surface area contributed by atoms with Crippen LogP contribution in [0.25, 0.3) is 0 Å². The van der Waals surface area contributed by atoms with Crippen LogP contribution in [0.3, 0.4) is 0 Å². The molecule has 0 N–H and O–H groups in total. The van der Waals surface area contributed by atoms with Gasteiger partial charge in [0.25, 0.3) is 0 Å². The maximum atomic E-state index is 10.5. The highest BCUT2D eigenvalue weighted by Gasteiger charge is 1.93. The number of ether oxygens (including phenoxy) is 1. The molecule has 0 fully saturated rings. The number of allylic oxidation sites excluding steroid dienone is 2. The zero-order chi connectivity index (χ0) is 12.2. The lowest BCUT2D eigenvalue weighted by atomic mass is 10.0. The van der Waals surface area contributed by atoms with Crippen molar-refractivity contribution in [2.75, 3.05) is 6.61 Å². The molecule has 0 aromatic rings. The first kappa shape index (κ1) is 14.9. The van der Waals surface area contributed by atoms with Gasteiger partial charge in [-0.3, -0.25) is 4.79 Å². The second-order valence-electron chi connectivity index (χ2n) is 4.02. The van der Waals surface area contributed by atoms with E-state index < -0.39 is 0 Å². The van der Waals surface area contributed by atoms with E-state index >= 15 is 0 Å². The largest absolute Gasteiger partial charge is 0.462 e. The molecule has 0 spiro atoms. The van der Waals surface area contributed by atoms with Crippen LogP contribution in [-0.4, -0.2) is 12.6 Å². The van der Waals surface area contributed by atoms with E-state index in [1.165, 1.54) is 25.3 Å². The maximum Gasteiger partial charge on any atom is 0.302 e. The fourth-order valence-corrected chi connectivity index (χ4v) is 1.37. The second-order valence-corrected chi connectivity index (χ2v) is 4.02. The smallest absolute Gasteiger partial charge is 0.302 e. The van der Waals surface area contributed by atoms with E-state index in [4.69, 9.17) is 4.74 Å². The van der Waals surface area contributed by atoms with Crippen LogP contribution < -0.4 is 0 Å². The van der Waals surface area contributed by atoms with Crippen molar-refractivity contribution < 1.29 is 9.53 Å². The minimum Gasteiger partial charge on any atom is -0.462 e. The molecule has 2 heteroatoms. The molecule has 0 aliphatic carbocycles. The molecule has 0 rings (SSSR count). The monoisotopic (exact) mass is 224 g/mol. The molecule has 2 nitrogen and oxygen atoms in total. The number of rotatable bonds is 9. The van der Waals surface area contributed by atoms with Gasteiger partial charge in [0, 0.05) is 6.92 Å². The molecule has 0 saturated carbocycles. The zero-order valence-electron chi connectivity index (χ0n) is 10.6. The van der Waals surface area contributed by atoms with Gasteiger partial charge in [-0.1, -0.05) is 37.6 Å². The molecule has 0 aliphatic rings. The summed E-state index contributed by atoms with van der Waals surface area (Å²) in [6, 6.07) is 0. The summed E-state index contributed by atoms with van der Waals surface area (Å²) >= 11 is 0. The molecule has 0 bridgehead atoms. The molecule has 16 heavy (non-hydrogen) atoms. The van der Waals surface area contributed by atoms with Crippen LogP contribution in [0.2, 0.25) is 0 Å². The SMILES string of the molecule is C=C(CCCC)CCCC=CCOC(C)=O. The Morgan fingerprint density at radius 3 is 2.56 bits per heavy atom. The van der Waals surface area contributed by atoms with Gasteiger partial charge in [-0.2, -0.15) is 0 Å². The van der Waals surface area contributed by atoms with E-state index in [0.29, 0.717) is 6.61 Å². The van der Waals surface area contributed by atoms with Gasteiger partial charge in [0.15, 0.2) is 0 Å². The van der Waals surface area contributed by atoms with Crippen molar-refractivity contribution in [2.45, 2.75) is 52.4 Å². The number of hydrogen-bond acceptors (Lipinski definition) is 2. The minimum absolute atomic E-state index is 0.224. The Labute approximate surface area is 99.4 Å². The average molecular weight is 224 g/mol. The summed E-state index contributed by atoms with van der Waals surface area (Å²) in [7, 11) is 0. The number of esters is 1. The van der Waals surface area contributed by atoms with E-state index in [1.54, 1.807) is 0 Å². The number of unbranched alkanes of at least 4 members (excludes halogenated alkanes) is 2. The predicted molar refractivity (Wildman–Crippen MR) is 68.3 cm³/mol. The quantitative estimate of drug-likeness (QED) is 0.336. The minimum atomic E-state index is -0.224. The predicted octanol–water partition coefficient (Wildman–Crippen LogP) is 4.02. The molecule has 0 heterocycles. The van der Waals surface area contributed by atoms with Gasteiger partial charge < -0.3 is 4.74 Å². The van der Waals surface area contributed by atoms with Crippen LogP contribution in [-0.2, 0) is 9.53 Å². The summed E-state index contributed by atoms with van der Waals surface area (Å²) in [5, 5.41) is 0. The van der Waals surface area contributed by atoms with Gasteiger partial charge in [0.1, 0.15) is 6.61 Å². The molecule has 0 atom stereocenters. The second kappa shape index (κ2) is 10.5. The van der Waals surface area contributed by atoms with Crippen molar-refractivity contribution in [3.05, 3.63) is 24.3 Å². The number of carbonyl (C=O) groups excluding carboxylic acids is 1. The first-order valence-corrected chi connectivity index (χ1v) is 6.11. The number of carbonyl (C=O) groups is 1. The van der Waals surface area contributed by atoms with Crippen LogP contribution >= 0.6 is 0 Å². The van der Waals surface area contributed by atoms with E-state index in [0.717, 1.165) is 25.7 Å². The zero-order valence-corrected chi connectivity index (χ0v) is 10.6. The Kier molecular flexibility index (Phi) is 9.78.